The molecule has 2 aliphatic carbocycles. The van der Waals surface area contributed by atoms with E-state index in [0.29, 0.717) is 5.56 Å². The molecule has 0 aliphatic heterocycles. The predicted octanol–water partition coefficient (Wildman–Crippen LogP) is 2.40. The Bertz CT molecular complexity index is 984. The first-order valence-electron chi connectivity index (χ1n) is 10.6. The second kappa shape index (κ2) is 8.81. The van der Waals surface area contributed by atoms with Crippen molar-refractivity contribution in [3.05, 3.63) is 41.1 Å². The first-order chi connectivity index (χ1) is 14.5. The number of hydrogen-bond donors (Lipinski definition) is 1. The zero-order chi connectivity index (χ0) is 21.1. The fourth-order valence-corrected chi connectivity index (χ4v) is 3.90. The van der Waals surface area contributed by atoms with Crippen LogP contribution in [-0.2, 0) is 27.2 Å². The van der Waals surface area contributed by atoms with Gasteiger partial charge in [0.05, 0.1) is 17.6 Å². The SMILES string of the molecule is CN(CC(=O)NC1CC1)C(=O)COC(=O)c1c2c(nc3ccccc13)CCCCC2. The molecule has 0 atom stereocenters. The maximum Gasteiger partial charge on any atom is 0.339 e. The zero-order valence-electron chi connectivity index (χ0n) is 17.3. The number of nitrogens with zero attached hydrogens (tertiary/aromatic N) is 2. The van der Waals surface area contributed by atoms with Gasteiger partial charge in [-0.15, -0.1) is 0 Å². The van der Waals surface area contributed by atoms with E-state index in [0.717, 1.165) is 67.1 Å². The highest BCUT2D eigenvalue weighted by Gasteiger charge is 2.26. The van der Waals surface area contributed by atoms with Gasteiger partial charge >= 0.3 is 5.97 Å². The van der Waals surface area contributed by atoms with E-state index in [2.05, 4.69) is 5.32 Å². The molecule has 0 saturated heterocycles. The number of aromatic nitrogens is 1. The lowest BCUT2D eigenvalue weighted by Crippen LogP contribution is -2.40. The van der Waals surface area contributed by atoms with Crippen LogP contribution in [0, 0.1) is 0 Å². The van der Waals surface area contributed by atoms with E-state index in [1.807, 2.05) is 24.3 Å². The van der Waals surface area contributed by atoms with Crippen LogP contribution in [0.4, 0.5) is 0 Å². The number of hydrogen-bond acceptors (Lipinski definition) is 5. The van der Waals surface area contributed by atoms with Crippen molar-refractivity contribution >= 4 is 28.7 Å². The Morgan fingerprint density at radius 1 is 1.13 bits per heavy atom. The van der Waals surface area contributed by atoms with Crippen molar-refractivity contribution in [1.29, 1.82) is 0 Å². The van der Waals surface area contributed by atoms with Crippen LogP contribution in [-0.4, -0.2) is 53.9 Å². The van der Waals surface area contributed by atoms with Crippen LogP contribution in [0.15, 0.2) is 24.3 Å². The Labute approximate surface area is 175 Å². The lowest BCUT2D eigenvalue weighted by molar-refractivity contribution is -0.137. The second-order valence-corrected chi connectivity index (χ2v) is 8.16. The zero-order valence-corrected chi connectivity index (χ0v) is 17.3. The number of likely N-dealkylation sites (N-methyl/N-ethyl adjacent to an activating group) is 1. The predicted molar refractivity (Wildman–Crippen MR) is 112 cm³/mol. The third-order valence-electron chi connectivity index (χ3n) is 5.70. The van der Waals surface area contributed by atoms with Crippen molar-refractivity contribution in [2.75, 3.05) is 20.2 Å². The smallest absolute Gasteiger partial charge is 0.339 e. The molecule has 0 unspecified atom stereocenters. The summed E-state index contributed by atoms with van der Waals surface area (Å²) in [5, 5.41) is 3.60. The first-order valence-corrected chi connectivity index (χ1v) is 10.6. The lowest BCUT2D eigenvalue weighted by atomic mass is 9.97. The molecule has 2 amide bonds. The Morgan fingerprint density at radius 3 is 2.70 bits per heavy atom. The summed E-state index contributed by atoms with van der Waals surface area (Å²) in [5.41, 5.74) is 3.20. The molecule has 1 heterocycles. The van der Waals surface area contributed by atoms with Crippen molar-refractivity contribution in [2.45, 2.75) is 51.0 Å². The molecule has 0 radical (unpaired) electrons. The summed E-state index contributed by atoms with van der Waals surface area (Å²) in [4.78, 5) is 43.4. The number of carbonyl (C=O) groups excluding carboxylic acids is 3. The molecule has 7 nitrogen and oxygen atoms in total. The summed E-state index contributed by atoms with van der Waals surface area (Å²) in [5.74, 6) is -1.10. The van der Waals surface area contributed by atoms with Crippen molar-refractivity contribution in [3.8, 4) is 0 Å². The first kappa shape index (κ1) is 20.3. The fourth-order valence-electron chi connectivity index (χ4n) is 3.90. The number of benzene rings is 1. The van der Waals surface area contributed by atoms with Crippen molar-refractivity contribution in [2.24, 2.45) is 0 Å². The van der Waals surface area contributed by atoms with E-state index < -0.39 is 18.5 Å². The minimum atomic E-state index is -0.504. The number of ether oxygens (including phenoxy) is 1. The van der Waals surface area contributed by atoms with Crippen LogP contribution in [0.3, 0.4) is 0 Å². The van der Waals surface area contributed by atoms with E-state index in [9.17, 15) is 14.4 Å². The van der Waals surface area contributed by atoms with Gasteiger partial charge in [-0.2, -0.15) is 0 Å². The number of carbonyl (C=O) groups is 3. The third kappa shape index (κ3) is 4.61. The van der Waals surface area contributed by atoms with E-state index in [-0.39, 0.29) is 18.5 Å². The summed E-state index contributed by atoms with van der Waals surface area (Å²) in [6.45, 7) is -0.433. The number of esters is 1. The van der Waals surface area contributed by atoms with Crippen LogP contribution < -0.4 is 5.32 Å². The van der Waals surface area contributed by atoms with Gasteiger partial charge in [0.15, 0.2) is 6.61 Å². The maximum atomic E-state index is 13.0. The van der Waals surface area contributed by atoms with Crippen LogP contribution >= 0.6 is 0 Å². The van der Waals surface area contributed by atoms with Gasteiger partial charge in [0.2, 0.25) is 5.91 Å². The van der Waals surface area contributed by atoms with Crippen LogP contribution in [0.1, 0.15) is 53.7 Å². The van der Waals surface area contributed by atoms with Crippen molar-refractivity contribution in [1.82, 2.24) is 15.2 Å². The number of nitrogens with one attached hydrogen (secondary N) is 1. The van der Waals surface area contributed by atoms with Gasteiger partial charge in [0, 0.05) is 24.2 Å². The molecule has 1 N–H and O–H groups in total. The van der Waals surface area contributed by atoms with Crippen molar-refractivity contribution in [3.63, 3.8) is 0 Å². The number of amides is 2. The van der Waals surface area contributed by atoms with Gasteiger partial charge in [-0.3, -0.25) is 14.6 Å². The van der Waals surface area contributed by atoms with Crippen LogP contribution in [0.2, 0.25) is 0 Å². The Morgan fingerprint density at radius 2 is 1.90 bits per heavy atom. The quantitative estimate of drug-likeness (QED) is 0.585. The van der Waals surface area contributed by atoms with Gasteiger partial charge in [0.25, 0.3) is 5.91 Å². The average molecular weight is 409 g/mol. The molecule has 2 aliphatic rings. The normalized spacial score (nSPS) is 15.8. The topological polar surface area (TPSA) is 88.6 Å². The van der Waals surface area contributed by atoms with Crippen LogP contribution in [0.25, 0.3) is 10.9 Å². The summed E-state index contributed by atoms with van der Waals surface area (Å²) < 4.78 is 5.41. The van der Waals surface area contributed by atoms with Gasteiger partial charge in [0.1, 0.15) is 0 Å². The summed E-state index contributed by atoms with van der Waals surface area (Å²) >= 11 is 0. The molecule has 1 fully saturated rings. The Kier molecular flexibility index (Phi) is 5.97. The van der Waals surface area contributed by atoms with Gasteiger partial charge in [-0.05, 0) is 50.2 Å². The highest BCUT2D eigenvalue weighted by molar-refractivity contribution is 6.05. The minimum absolute atomic E-state index is 0.0412. The molecule has 158 valence electrons. The number of para-hydroxylation sites is 1. The number of aryl methyl sites for hydroxylation is 1. The maximum absolute atomic E-state index is 13.0. The van der Waals surface area contributed by atoms with E-state index in [4.69, 9.17) is 9.72 Å². The van der Waals surface area contributed by atoms with Gasteiger partial charge in [-0.1, -0.05) is 24.6 Å². The molecule has 0 bridgehead atoms. The third-order valence-corrected chi connectivity index (χ3v) is 5.70. The number of pyridine rings is 1. The summed E-state index contributed by atoms with van der Waals surface area (Å²) in [6.07, 6.45) is 6.78. The van der Waals surface area contributed by atoms with Gasteiger partial charge in [-0.25, -0.2) is 4.79 Å². The summed E-state index contributed by atoms with van der Waals surface area (Å²) in [7, 11) is 1.54. The highest BCUT2D eigenvalue weighted by atomic mass is 16.5. The molecule has 2 aromatic rings. The van der Waals surface area contributed by atoms with Crippen LogP contribution in [0.5, 0.6) is 0 Å². The van der Waals surface area contributed by atoms with E-state index in [1.165, 1.54) is 11.9 Å². The van der Waals surface area contributed by atoms with Crippen molar-refractivity contribution < 1.29 is 19.1 Å². The average Bonchev–Trinajstić information content (AvgIpc) is 3.56. The molecule has 7 heteroatoms. The highest BCUT2D eigenvalue weighted by Crippen LogP contribution is 2.29. The summed E-state index contributed by atoms with van der Waals surface area (Å²) in [6, 6.07) is 7.80. The number of rotatable bonds is 6. The Balaban J connectivity index is 1.48. The van der Waals surface area contributed by atoms with Gasteiger partial charge < -0.3 is 15.0 Å². The molecule has 1 saturated carbocycles. The molecule has 4 rings (SSSR count). The number of fused-ring (bicyclic) bond motifs is 2. The van der Waals surface area contributed by atoms with E-state index in [1.54, 1.807) is 0 Å². The molecular weight excluding hydrogens is 382 g/mol. The Hall–Kier alpha value is -2.96. The molecule has 1 aromatic carbocycles. The van der Waals surface area contributed by atoms with E-state index >= 15 is 0 Å². The largest absolute Gasteiger partial charge is 0.452 e. The molecule has 0 spiro atoms. The standard InChI is InChI=1S/C23H27N3O4/c1-26(13-20(27)24-15-11-12-15)21(28)14-30-23(29)22-16-7-3-2-4-9-18(16)25-19-10-6-5-8-17(19)22/h5-6,8,10,15H,2-4,7,9,11-14H2,1H3,(H,24,27). The second-order valence-electron chi connectivity index (χ2n) is 8.16. The fraction of sp³-hybridized carbons (Fsp3) is 0.478. The molecular formula is C23H27N3O4. The monoisotopic (exact) mass is 409 g/mol. The molecule has 1 aromatic heterocycles. The lowest BCUT2D eigenvalue weighted by Gasteiger charge is -2.18. The molecule has 30 heavy (non-hydrogen) atoms. The minimum Gasteiger partial charge on any atom is -0.452 e.